The van der Waals surface area contributed by atoms with E-state index in [1.165, 1.54) is 0 Å². The van der Waals surface area contributed by atoms with Crippen LogP contribution in [-0.2, 0) is 11.2 Å². The van der Waals surface area contributed by atoms with Gasteiger partial charge in [-0.3, -0.25) is 4.79 Å². The van der Waals surface area contributed by atoms with Gasteiger partial charge in [0, 0.05) is 12.6 Å². The zero-order valence-electron chi connectivity index (χ0n) is 12.1. The van der Waals surface area contributed by atoms with Crippen LogP contribution in [0, 0.1) is 6.92 Å². The zero-order valence-corrected chi connectivity index (χ0v) is 12.9. The fourth-order valence-electron chi connectivity index (χ4n) is 2.41. The second kappa shape index (κ2) is 8.12. The van der Waals surface area contributed by atoms with E-state index in [2.05, 4.69) is 10.6 Å². The lowest BCUT2D eigenvalue weighted by Gasteiger charge is -2.23. The number of halogens is 1. The monoisotopic (exact) mass is 298 g/mol. The van der Waals surface area contributed by atoms with Gasteiger partial charge in [0.2, 0.25) is 5.91 Å². The van der Waals surface area contributed by atoms with Gasteiger partial charge in [-0.15, -0.1) is 12.4 Å². The normalized spacial score (nSPS) is 18.0. The highest BCUT2D eigenvalue weighted by Gasteiger charge is 2.15. The van der Waals surface area contributed by atoms with Gasteiger partial charge < -0.3 is 15.4 Å². The van der Waals surface area contributed by atoms with Crippen molar-refractivity contribution in [3.05, 3.63) is 29.3 Å². The molecule has 1 aliphatic heterocycles. The number of aryl methyl sites for hydroxylation is 1. The average Bonchev–Trinajstić information content (AvgIpc) is 2.42. The van der Waals surface area contributed by atoms with Crippen LogP contribution in [0.4, 0.5) is 0 Å². The highest BCUT2D eigenvalue weighted by Crippen LogP contribution is 2.19. The molecule has 1 fully saturated rings. The standard InChI is InChI=1S/C15H22N2O2.ClH/c1-11-5-6-12(8-14(11)19-2)9-15(18)17-13-4-3-7-16-10-13;/h5-6,8,13,16H,3-4,7,9-10H2,1-2H3,(H,17,18);1H/t13-;/m0./s1. The highest BCUT2D eigenvalue weighted by molar-refractivity contribution is 5.85. The van der Waals surface area contributed by atoms with Crippen molar-refractivity contribution in [1.82, 2.24) is 10.6 Å². The van der Waals surface area contributed by atoms with Crippen molar-refractivity contribution in [2.24, 2.45) is 0 Å². The molecule has 0 aromatic heterocycles. The topological polar surface area (TPSA) is 50.4 Å². The predicted octanol–water partition coefficient (Wildman–Crippen LogP) is 1.84. The van der Waals surface area contributed by atoms with Crippen molar-refractivity contribution in [2.75, 3.05) is 20.2 Å². The number of amides is 1. The van der Waals surface area contributed by atoms with Crippen molar-refractivity contribution in [3.63, 3.8) is 0 Å². The molecule has 5 heteroatoms. The van der Waals surface area contributed by atoms with Crippen LogP contribution in [0.5, 0.6) is 5.75 Å². The molecule has 0 bridgehead atoms. The lowest BCUT2D eigenvalue weighted by atomic mass is 10.1. The number of nitrogens with one attached hydrogen (secondary N) is 2. The summed E-state index contributed by atoms with van der Waals surface area (Å²) in [5.74, 6) is 0.921. The first-order valence-electron chi connectivity index (χ1n) is 6.82. The van der Waals surface area contributed by atoms with E-state index in [-0.39, 0.29) is 24.4 Å². The number of carbonyl (C=O) groups is 1. The molecule has 0 aliphatic carbocycles. The van der Waals surface area contributed by atoms with Gasteiger partial charge >= 0.3 is 0 Å². The third-order valence-electron chi connectivity index (χ3n) is 3.50. The number of carbonyl (C=O) groups excluding carboxylic acids is 1. The number of hydrogen-bond donors (Lipinski definition) is 2. The van der Waals surface area contributed by atoms with E-state index in [4.69, 9.17) is 4.74 Å². The molecule has 0 radical (unpaired) electrons. The number of ether oxygens (including phenoxy) is 1. The molecule has 112 valence electrons. The number of hydrogen-bond acceptors (Lipinski definition) is 3. The molecular weight excluding hydrogens is 276 g/mol. The summed E-state index contributed by atoms with van der Waals surface area (Å²) in [7, 11) is 1.65. The maximum absolute atomic E-state index is 12.0. The largest absolute Gasteiger partial charge is 0.496 e. The van der Waals surface area contributed by atoms with Gasteiger partial charge in [-0.25, -0.2) is 0 Å². The number of piperidine rings is 1. The van der Waals surface area contributed by atoms with E-state index in [9.17, 15) is 4.79 Å². The first kappa shape index (κ1) is 16.8. The summed E-state index contributed by atoms with van der Waals surface area (Å²) >= 11 is 0. The molecule has 1 atom stereocenters. The van der Waals surface area contributed by atoms with E-state index in [1.807, 2.05) is 25.1 Å². The van der Waals surface area contributed by atoms with Crippen molar-refractivity contribution in [3.8, 4) is 5.75 Å². The van der Waals surface area contributed by atoms with Gasteiger partial charge in [0.15, 0.2) is 0 Å². The molecule has 1 aliphatic rings. The van der Waals surface area contributed by atoms with Gasteiger partial charge in [0.25, 0.3) is 0 Å². The maximum Gasteiger partial charge on any atom is 0.224 e. The van der Waals surface area contributed by atoms with Crippen LogP contribution in [0.3, 0.4) is 0 Å². The second-order valence-corrected chi connectivity index (χ2v) is 5.09. The molecule has 1 aromatic carbocycles. The van der Waals surface area contributed by atoms with E-state index in [1.54, 1.807) is 7.11 Å². The molecule has 2 rings (SSSR count). The molecule has 0 saturated carbocycles. The lowest BCUT2D eigenvalue weighted by Crippen LogP contribution is -2.46. The maximum atomic E-state index is 12.0. The molecule has 2 N–H and O–H groups in total. The summed E-state index contributed by atoms with van der Waals surface area (Å²) in [6.45, 7) is 3.93. The van der Waals surface area contributed by atoms with Crippen LogP contribution in [0.25, 0.3) is 0 Å². The van der Waals surface area contributed by atoms with Gasteiger partial charge in [0.1, 0.15) is 5.75 Å². The Labute approximate surface area is 126 Å². The minimum atomic E-state index is 0. The van der Waals surface area contributed by atoms with Crippen molar-refractivity contribution < 1.29 is 9.53 Å². The third kappa shape index (κ3) is 4.69. The summed E-state index contributed by atoms with van der Waals surface area (Å²) in [6.07, 6.45) is 2.60. The Balaban J connectivity index is 0.00000200. The molecule has 1 aromatic rings. The smallest absolute Gasteiger partial charge is 0.224 e. The SMILES string of the molecule is COc1cc(CC(=O)N[C@H]2CCCNC2)ccc1C.Cl. The third-order valence-corrected chi connectivity index (χ3v) is 3.50. The summed E-state index contributed by atoms with van der Waals surface area (Å²) in [5, 5.41) is 6.37. The van der Waals surface area contributed by atoms with Gasteiger partial charge in [0.05, 0.1) is 13.5 Å². The van der Waals surface area contributed by atoms with E-state index >= 15 is 0 Å². The zero-order chi connectivity index (χ0) is 13.7. The Morgan fingerprint density at radius 3 is 2.95 bits per heavy atom. The second-order valence-electron chi connectivity index (χ2n) is 5.09. The number of benzene rings is 1. The van der Waals surface area contributed by atoms with Crippen molar-refractivity contribution in [2.45, 2.75) is 32.2 Å². The van der Waals surface area contributed by atoms with Gasteiger partial charge in [-0.05, 0) is 43.5 Å². The minimum Gasteiger partial charge on any atom is -0.496 e. The van der Waals surface area contributed by atoms with Crippen LogP contribution in [0.15, 0.2) is 18.2 Å². The molecule has 1 heterocycles. The quantitative estimate of drug-likeness (QED) is 0.892. The lowest BCUT2D eigenvalue weighted by molar-refractivity contribution is -0.121. The molecule has 0 unspecified atom stereocenters. The average molecular weight is 299 g/mol. The molecular formula is C15H23ClN2O2. The van der Waals surface area contributed by atoms with Crippen LogP contribution in [0.1, 0.15) is 24.0 Å². The van der Waals surface area contributed by atoms with Crippen LogP contribution >= 0.6 is 12.4 Å². The first-order chi connectivity index (χ1) is 9.19. The summed E-state index contributed by atoms with van der Waals surface area (Å²) < 4.78 is 5.28. The Hall–Kier alpha value is -1.26. The number of rotatable bonds is 4. The van der Waals surface area contributed by atoms with Crippen LogP contribution in [-0.4, -0.2) is 32.1 Å². The summed E-state index contributed by atoms with van der Waals surface area (Å²) in [4.78, 5) is 12.0. The van der Waals surface area contributed by atoms with Crippen molar-refractivity contribution >= 4 is 18.3 Å². The van der Waals surface area contributed by atoms with Gasteiger partial charge in [-0.2, -0.15) is 0 Å². The predicted molar refractivity (Wildman–Crippen MR) is 82.7 cm³/mol. The molecule has 1 saturated heterocycles. The minimum absolute atomic E-state index is 0. The molecule has 20 heavy (non-hydrogen) atoms. The fourth-order valence-corrected chi connectivity index (χ4v) is 2.41. The highest BCUT2D eigenvalue weighted by atomic mass is 35.5. The van der Waals surface area contributed by atoms with Crippen molar-refractivity contribution in [1.29, 1.82) is 0 Å². The van der Waals surface area contributed by atoms with E-state index in [0.29, 0.717) is 6.42 Å². The van der Waals surface area contributed by atoms with E-state index in [0.717, 1.165) is 42.8 Å². The van der Waals surface area contributed by atoms with Crippen LogP contribution < -0.4 is 15.4 Å². The Bertz CT molecular complexity index is 445. The number of methoxy groups -OCH3 is 1. The molecule has 1 amide bonds. The van der Waals surface area contributed by atoms with E-state index < -0.39 is 0 Å². The molecule has 4 nitrogen and oxygen atoms in total. The Kier molecular flexibility index (Phi) is 6.82. The summed E-state index contributed by atoms with van der Waals surface area (Å²) in [5.41, 5.74) is 2.08. The van der Waals surface area contributed by atoms with Crippen LogP contribution in [0.2, 0.25) is 0 Å². The van der Waals surface area contributed by atoms with Gasteiger partial charge in [-0.1, -0.05) is 12.1 Å². The Morgan fingerprint density at radius 1 is 1.50 bits per heavy atom. The fraction of sp³-hybridized carbons (Fsp3) is 0.533. The first-order valence-corrected chi connectivity index (χ1v) is 6.82. The summed E-state index contributed by atoms with van der Waals surface area (Å²) in [6, 6.07) is 6.18. The molecule has 0 spiro atoms. The Morgan fingerprint density at radius 2 is 2.30 bits per heavy atom.